The second-order valence-electron chi connectivity index (χ2n) is 5.06. The Morgan fingerprint density at radius 3 is 3.00 bits per heavy atom. The summed E-state index contributed by atoms with van der Waals surface area (Å²) in [5, 5.41) is 10.8. The third-order valence-electron chi connectivity index (χ3n) is 3.34. The maximum Gasteiger partial charge on any atom is 0.273 e. The Kier molecular flexibility index (Phi) is 2.19. The molecule has 2 aliphatic rings. The molecule has 1 heterocycles. The first kappa shape index (κ1) is 9.81. The van der Waals surface area contributed by atoms with Crippen molar-refractivity contribution in [2.45, 2.75) is 38.8 Å². The Labute approximate surface area is 94.2 Å². The molecule has 1 aromatic rings. The van der Waals surface area contributed by atoms with Gasteiger partial charge in [-0.05, 0) is 31.1 Å². The molecule has 16 heavy (non-hydrogen) atoms. The lowest BCUT2D eigenvalue weighted by atomic mass is 10.4. The van der Waals surface area contributed by atoms with Crippen LogP contribution in [-0.2, 0) is 6.54 Å². The Bertz CT molecular complexity index is 410. The largest absolute Gasteiger partial charge is 0.348 e. The summed E-state index contributed by atoms with van der Waals surface area (Å²) >= 11 is 0. The molecule has 5 heteroatoms. The highest BCUT2D eigenvalue weighted by atomic mass is 16.2. The molecule has 1 amide bonds. The average molecular weight is 220 g/mol. The van der Waals surface area contributed by atoms with Gasteiger partial charge in [0.25, 0.3) is 5.91 Å². The van der Waals surface area contributed by atoms with Crippen LogP contribution in [0.3, 0.4) is 0 Å². The summed E-state index contributed by atoms with van der Waals surface area (Å²) in [5.74, 6) is 1.28. The van der Waals surface area contributed by atoms with Gasteiger partial charge in [0.2, 0.25) is 0 Å². The Hall–Kier alpha value is -1.39. The highest BCUT2D eigenvalue weighted by molar-refractivity contribution is 5.92. The van der Waals surface area contributed by atoms with Crippen molar-refractivity contribution in [3.8, 4) is 0 Å². The summed E-state index contributed by atoms with van der Waals surface area (Å²) in [6, 6.07) is 0.348. The number of hydrogen-bond acceptors (Lipinski definition) is 3. The van der Waals surface area contributed by atoms with Crippen molar-refractivity contribution < 1.29 is 4.79 Å². The van der Waals surface area contributed by atoms with Crippen molar-refractivity contribution >= 4 is 5.91 Å². The molecule has 2 saturated carbocycles. The Morgan fingerprint density at radius 2 is 2.38 bits per heavy atom. The third-order valence-corrected chi connectivity index (χ3v) is 3.34. The molecule has 1 aromatic heterocycles. The number of carbonyl (C=O) groups is 1. The molecule has 5 nitrogen and oxygen atoms in total. The molecule has 2 atom stereocenters. The fourth-order valence-corrected chi connectivity index (χ4v) is 1.82. The van der Waals surface area contributed by atoms with E-state index in [9.17, 15) is 4.79 Å². The second-order valence-corrected chi connectivity index (χ2v) is 5.06. The van der Waals surface area contributed by atoms with E-state index < -0.39 is 0 Å². The van der Waals surface area contributed by atoms with Gasteiger partial charge in [-0.3, -0.25) is 9.48 Å². The molecule has 2 fully saturated rings. The third kappa shape index (κ3) is 2.08. The van der Waals surface area contributed by atoms with E-state index in [1.807, 2.05) is 0 Å². The Balaban J connectivity index is 1.59. The topological polar surface area (TPSA) is 59.8 Å². The summed E-state index contributed by atoms with van der Waals surface area (Å²) < 4.78 is 1.78. The average Bonchev–Trinajstić information content (AvgIpc) is 3.11. The van der Waals surface area contributed by atoms with Crippen LogP contribution in [0.4, 0.5) is 0 Å². The molecule has 0 aromatic carbocycles. The van der Waals surface area contributed by atoms with Gasteiger partial charge in [0, 0.05) is 12.6 Å². The van der Waals surface area contributed by atoms with Gasteiger partial charge in [-0.2, -0.15) is 0 Å². The molecule has 0 saturated heterocycles. The maximum atomic E-state index is 11.7. The molecular formula is C11H16N4O. The zero-order valence-corrected chi connectivity index (χ0v) is 9.39. The summed E-state index contributed by atoms with van der Waals surface area (Å²) in [6.07, 6.45) is 5.39. The minimum Gasteiger partial charge on any atom is -0.348 e. The predicted octanol–water partition coefficient (Wildman–Crippen LogP) is 0.826. The van der Waals surface area contributed by atoms with E-state index in [0.717, 1.165) is 18.9 Å². The number of nitrogens with zero attached hydrogens (tertiary/aromatic N) is 3. The van der Waals surface area contributed by atoms with Crippen molar-refractivity contribution in [2.75, 3.05) is 0 Å². The summed E-state index contributed by atoms with van der Waals surface area (Å²) in [6.45, 7) is 3.04. The molecule has 2 aliphatic carbocycles. The zero-order valence-electron chi connectivity index (χ0n) is 9.39. The van der Waals surface area contributed by atoms with Gasteiger partial charge in [-0.15, -0.1) is 5.10 Å². The van der Waals surface area contributed by atoms with Gasteiger partial charge in [0.05, 0.1) is 6.20 Å². The number of nitrogens with one attached hydrogen (secondary N) is 1. The molecule has 1 N–H and O–H groups in total. The molecule has 0 spiro atoms. The number of aromatic nitrogens is 3. The summed E-state index contributed by atoms with van der Waals surface area (Å²) in [4.78, 5) is 11.7. The van der Waals surface area contributed by atoms with Crippen LogP contribution in [0, 0.1) is 11.8 Å². The van der Waals surface area contributed by atoms with E-state index in [-0.39, 0.29) is 5.91 Å². The van der Waals surface area contributed by atoms with Crippen molar-refractivity contribution in [1.29, 1.82) is 0 Å². The highest BCUT2D eigenvalue weighted by Gasteiger charge is 2.34. The predicted molar refractivity (Wildman–Crippen MR) is 57.8 cm³/mol. The zero-order chi connectivity index (χ0) is 11.1. The minimum absolute atomic E-state index is 0.0867. The van der Waals surface area contributed by atoms with Gasteiger partial charge in [0.15, 0.2) is 5.69 Å². The van der Waals surface area contributed by atoms with Crippen LogP contribution in [-0.4, -0.2) is 26.9 Å². The standard InChI is InChI=1S/C11H16N4O/c1-7-4-9(7)12-11(16)10-6-15(14-13-10)5-8-2-3-8/h6-9H,2-5H2,1H3,(H,12,16). The van der Waals surface area contributed by atoms with E-state index in [0.29, 0.717) is 17.7 Å². The van der Waals surface area contributed by atoms with Crippen molar-refractivity contribution in [3.05, 3.63) is 11.9 Å². The van der Waals surface area contributed by atoms with Crippen LogP contribution < -0.4 is 5.32 Å². The smallest absolute Gasteiger partial charge is 0.273 e. The highest BCUT2D eigenvalue weighted by Crippen LogP contribution is 2.30. The van der Waals surface area contributed by atoms with Crippen molar-refractivity contribution in [1.82, 2.24) is 20.3 Å². The lowest BCUT2D eigenvalue weighted by Gasteiger charge is -1.99. The van der Waals surface area contributed by atoms with Crippen LogP contribution >= 0.6 is 0 Å². The Morgan fingerprint density at radius 1 is 1.62 bits per heavy atom. The number of amides is 1. The van der Waals surface area contributed by atoms with E-state index in [1.165, 1.54) is 12.8 Å². The minimum atomic E-state index is -0.0867. The van der Waals surface area contributed by atoms with Crippen LogP contribution in [0.1, 0.15) is 36.7 Å². The van der Waals surface area contributed by atoms with Crippen molar-refractivity contribution in [3.63, 3.8) is 0 Å². The van der Waals surface area contributed by atoms with Crippen LogP contribution in [0.5, 0.6) is 0 Å². The van der Waals surface area contributed by atoms with Crippen LogP contribution in [0.2, 0.25) is 0 Å². The molecule has 3 rings (SSSR count). The fourth-order valence-electron chi connectivity index (χ4n) is 1.82. The number of hydrogen-bond donors (Lipinski definition) is 1. The first-order valence-electron chi connectivity index (χ1n) is 5.93. The van der Waals surface area contributed by atoms with E-state index in [4.69, 9.17) is 0 Å². The lowest BCUT2D eigenvalue weighted by molar-refractivity contribution is 0.0944. The second kappa shape index (κ2) is 3.57. The number of carbonyl (C=O) groups excluding carboxylic acids is 1. The molecule has 0 bridgehead atoms. The van der Waals surface area contributed by atoms with Gasteiger partial charge in [0.1, 0.15) is 0 Å². The first-order valence-corrected chi connectivity index (χ1v) is 5.93. The molecule has 86 valence electrons. The maximum absolute atomic E-state index is 11.7. The van der Waals surface area contributed by atoms with Gasteiger partial charge >= 0.3 is 0 Å². The molecule has 0 aliphatic heterocycles. The van der Waals surface area contributed by atoms with Crippen molar-refractivity contribution in [2.24, 2.45) is 11.8 Å². The molecular weight excluding hydrogens is 204 g/mol. The van der Waals surface area contributed by atoms with E-state index >= 15 is 0 Å². The quantitative estimate of drug-likeness (QED) is 0.817. The summed E-state index contributed by atoms with van der Waals surface area (Å²) in [7, 11) is 0. The van der Waals surface area contributed by atoms with Gasteiger partial charge < -0.3 is 5.32 Å². The number of rotatable bonds is 4. The van der Waals surface area contributed by atoms with Crippen LogP contribution in [0.15, 0.2) is 6.20 Å². The molecule has 0 radical (unpaired) electrons. The van der Waals surface area contributed by atoms with E-state index in [2.05, 4.69) is 22.6 Å². The van der Waals surface area contributed by atoms with Crippen LogP contribution in [0.25, 0.3) is 0 Å². The SMILES string of the molecule is CC1CC1NC(=O)c1cn(CC2CC2)nn1. The normalized spacial score (nSPS) is 27.8. The van der Waals surface area contributed by atoms with E-state index in [1.54, 1.807) is 10.9 Å². The lowest BCUT2D eigenvalue weighted by Crippen LogP contribution is -2.26. The monoisotopic (exact) mass is 220 g/mol. The summed E-state index contributed by atoms with van der Waals surface area (Å²) in [5.41, 5.74) is 0.444. The first-order chi connectivity index (χ1) is 7.72. The fraction of sp³-hybridized carbons (Fsp3) is 0.727. The van der Waals surface area contributed by atoms with Gasteiger partial charge in [-0.25, -0.2) is 0 Å². The molecule has 2 unspecified atom stereocenters. The van der Waals surface area contributed by atoms with Gasteiger partial charge in [-0.1, -0.05) is 12.1 Å².